The summed E-state index contributed by atoms with van der Waals surface area (Å²) in [6.45, 7) is 3.42. The van der Waals surface area contributed by atoms with Crippen molar-refractivity contribution in [3.8, 4) is 0 Å². The van der Waals surface area contributed by atoms with E-state index in [0.29, 0.717) is 36.7 Å². The van der Waals surface area contributed by atoms with Crippen LogP contribution in [0.2, 0.25) is 0 Å². The average Bonchev–Trinajstić information content (AvgIpc) is 3.10. The van der Waals surface area contributed by atoms with Crippen molar-refractivity contribution in [2.75, 3.05) is 73.7 Å². The highest BCUT2D eigenvalue weighted by atomic mass is 32.1. The number of nitrogens with one attached hydrogen (secondary N) is 1. The molecule has 10 heteroatoms. The molecule has 1 fully saturated rings. The number of aromatic nitrogens is 1. The van der Waals surface area contributed by atoms with Gasteiger partial charge in [-0.3, -0.25) is 9.69 Å². The standard InChI is InChI=1S/C23H41N7O2S/c1-27(2)9-6-8-25-23(32)30(11-7-10-28(3)4)21(31)17-12-16-13-18-20(33-22(24)26-18)14-19(16)29(5)15-17/h16-17,19H,6-15H2,1-5H3,(H2,24,26)(H,25,32)/t16-,17-,19-/m1/s1. The van der Waals surface area contributed by atoms with Gasteiger partial charge in [0.25, 0.3) is 0 Å². The summed E-state index contributed by atoms with van der Waals surface area (Å²) in [6.07, 6.45) is 4.22. The van der Waals surface area contributed by atoms with Gasteiger partial charge < -0.3 is 25.8 Å². The molecular formula is C23H41N7O2S. The second-order valence-corrected chi connectivity index (χ2v) is 11.2. The fourth-order valence-corrected chi connectivity index (χ4v) is 5.99. The Morgan fingerprint density at radius 1 is 1.12 bits per heavy atom. The van der Waals surface area contributed by atoms with Gasteiger partial charge in [0.15, 0.2) is 5.13 Å². The largest absolute Gasteiger partial charge is 0.375 e. The van der Waals surface area contributed by atoms with Gasteiger partial charge in [0.2, 0.25) is 5.91 Å². The minimum atomic E-state index is -0.263. The highest BCUT2D eigenvalue weighted by Gasteiger charge is 2.42. The summed E-state index contributed by atoms with van der Waals surface area (Å²) in [4.78, 5) is 40.4. The average molecular weight is 480 g/mol. The maximum absolute atomic E-state index is 13.6. The second kappa shape index (κ2) is 11.6. The Bertz CT molecular complexity index is 813. The second-order valence-electron chi connectivity index (χ2n) is 10.1. The fraction of sp³-hybridized carbons (Fsp3) is 0.783. The van der Waals surface area contributed by atoms with E-state index in [0.717, 1.165) is 50.9 Å². The molecule has 0 spiro atoms. The van der Waals surface area contributed by atoms with E-state index in [1.807, 2.05) is 28.2 Å². The molecule has 2 aliphatic rings. The van der Waals surface area contributed by atoms with Crippen LogP contribution in [0.1, 0.15) is 29.8 Å². The molecule has 3 amide bonds. The maximum atomic E-state index is 13.6. The fourth-order valence-electron chi connectivity index (χ4n) is 5.08. The van der Waals surface area contributed by atoms with E-state index in [1.54, 1.807) is 11.3 Å². The lowest BCUT2D eigenvalue weighted by molar-refractivity contribution is -0.136. The van der Waals surface area contributed by atoms with Gasteiger partial charge in [-0.1, -0.05) is 0 Å². The van der Waals surface area contributed by atoms with Crippen molar-refractivity contribution in [3.63, 3.8) is 0 Å². The smallest absolute Gasteiger partial charge is 0.324 e. The number of thiazole rings is 1. The third-order valence-corrected chi connectivity index (χ3v) is 7.71. The van der Waals surface area contributed by atoms with Gasteiger partial charge in [-0.25, -0.2) is 9.78 Å². The van der Waals surface area contributed by atoms with Gasteiger partial charge in [0.1, 0.15) is 0 Å². The van der Waals surface area contributed by atoms with Gasteiger partial charge in [-0.2, -0.15) is 0 Å². The zero-order valence-corrected chi connectivity index (χ0v) is 21.7. The molecule has 1 saturated heterocycles. The number of likely N-dealkylation sites (N-methyl/N-ethyl adjacent to an activating group) is 1. The number of hydrogen-bond donors (Lipinski definition) is 2. The van der Waals surface area contributed by atoms with Gasteiger partial charge in [0, 0.05) is 30.6 Å². The number of nitrogens with zero attached hydrogens (tertiary/aromatic N) is 5. The molecule has 3 rings (SSSR count). The minimum absolute atomic E-state index is 0.0484. The van der Waals surface area contributed by atoms with E-state index in [4.69, 9.17) is 5.73 Å². The maximum Gasteiger partial charge on any atom is 0.324 e. The molecule has 1 aliphatic carbocycles. The number of amides is 3. The van der Waals surface area contributed by atoms with Crippen molar-refractivity contribution in [2.45, 2.75) is 38.1 Å². The molecule has 3 atom stereocenters. The predicted molar refractivity (Wildman–Crippen MR) is 133 cm³/mol. The molecule has 33 heavy (non-hydrogen) atoms. The van der Waals surface area contributed by atoms with Gasteiger partial charge in [-0.15, -0.1) is 11.3 Å². The Balaban J connectivity index is 1.65. The lowest BCUT2D eigenvalue weighted by Gasteiger charge is -2.45. The number of urea groups is 1. The molecule has 9 nitrogen and oxygen atoms in total. The Morgan fingerprint density at radius 2 is 1.82 bits per heavy atom. The van der Waals surface area contributed by atoms with Gasteiger partial charge in [0.05, 0.1) is 11.6 Å². The van der Waals surface area contributed by atoms with E-state index < -0.39 is 0 Å². The first-order valence-corrected chi connectivity index (χ1v) is 12.8. The molecule has 1 aromatic heterocycles. The number of imide groups is 1. The minimum Gasteiger partial charge on any atom is -0.375 e. The van der Waals surface area contributed by atoms with Crippen LogP contribution in [0.3, 0.4) is 0 Å². The summed E-state index contributed by atoms with van der Waals surface area (Å²) in [5, 5.41) is 3.60. The summed E-state index contributed by atoms with van der Waals surface area (Å²) in [5.41, 5.74) is 7.05. The number of anilines is 1. The number of nitrogens with two attached hydrogens (primary N) is 1. The third-order valence-electron chi connectivity index (χ3n) is 6.76. The summed E-state index contributed by atoms with van der Waals surface area (Å²) >= 11 is 1.59. The normalized spacial score (nSPS) is 22.8. The molecule has 0 unspecified atom stereocenters. The summed E-state index contributed by atoms with van der Waals surface area (Å²) < 4.78 is 0. The molecule has 3 N–H and O–H groups in total. The summed E-state index contributed by atoms with van der Waals surface area (Å²) in [7, 11) is 10.1. The van der Waals surface area contributed by atoms with Crippen LogP contribution in [-0.4, -0.2) is 111 Å². The number of hydrogen-bond acceptors (Lipinski definition) is 8. The monoisotopic (exact) mass is 479 g/mol. The van der Waals surface area contributed by atoms with Gasteiger partial charge in [-0.05, 0) is 86.3 Å². The van der Waals surface area contributed by atoms with Crippen molar-refractivity contribution in [1.29, 1.82) is 0 Å². The van der Waals surface area contributed by atoms with E-state index in [2.05, 4.69) is 32.0 Å². The highest BCUT2D eigenvalue weighted by molar-refractivity contribution is 7.15. The zero-order valence-electron chi connectivity index (χ0n) is 20.8. The predicted octanol–water partition coefficient (Wildman–Crippen LogP) is 1.20. The van der Waals surface area contributed by atoms with E-state index >= 15 is 0 Å². The van der Waals surface area contributed by atoms with Crippen LogP contribution in [-0.2, 0) is 17.6 Å². The van der Waals surface area contributed by atoms with Crippen molar-refractivity contribution in [3.05, 3.63) is 10.6 Å². The Labute approximate surface area is 202 Å². The number of fused-ring (bicyclic) bond motifs is 2. The molecule has 1 aliphatic heterocycles. The van der Waals surface area contributed by atoms with Crippen molar-refractivity contribution in [1.82, 2.24) is 29.9 Å². The molecule has 186 valence electrons. The lowest BCUT2D eigenvalue weighted by atomic mass is 9.75. The lowest BCUT2D eigenvalue weighted by Crippen LogP contribution is -2.55. The molecule has 0 radical (unpaired) electrons. The summed E-state index contributed by atoms with van der Waals surface area (Å²) in [5.74, 6) is 0.131. The van der Waals surface area contributed by atoms with Gasteiger partial charge >= 0.3 is 6.03 Å². The first kappa shape index (κ1) is 25.9. The quantitative estimate of drug-likeness (QED) is 0.514. The summed E-state index contributed by atoms with van der Waals surface area (Å²) in [6, 6.07) is 0.143. The van der Waals surface area contributed by atoms with E-state index in [9.17, 15) is 9.59 Å². The highest BCUT2D eigenvalue weighted by Crippen LogP contribution is 2.39. The number of carbonyl (C=O) groups is 2. The van der Waals surface area contributed by atoms with E-state index in [-0.39, 0.29) is 17.9 Å². The van der Waals surface area contributed by atoms with Crippen molar-refractivity contribution >= 4 is 28.4 Å². The first-order chi connectivity index (χ1) is 15.7. The van der Waals surface area contributed by atoms with Crippen LogP contribution >= 0.6 is 11.3 Å². The Morgan fingerprint density at radius 3 is 2.52 bits per heavy atom. The molecule has 0 bridgehead atoms. The van der Waals surface area contributed by atoms with Crippen LogP contribution < -0.4 is 11.1 Å². The number of nitrogen functional groups attached to an aromatic ring is 1. The molecule has 0 aromatic carbocycles. The molecule has 2 heterocycles. The Kier molecular flexibility index (Phi) is 9.09. The number of carbonyl (C=O) groups excluding carboxylic acids is 2. The van der Waals surface area contributed by atoms with Crippen LogP contribution in [0.4, 0.5) is 9.93 Å². The number of likely N-dealkylation sites (tertiary alicyclic amines) is 1. The Hall–Kier alpha value is -1.75. The number of rotatable bonds is 9. The number of piperidine rings is 1. The van der Waals surface area contributed by atoms with E-state index in [1.165, 1.54) is 9.78 Å². The molecule has 0 saturated carbocycles. The van der Waals surface area contributed by atoms with Crippen LogP contribution in [0.15, 0.2) is 0 Å². The molecule has 1 aromatic rings. The van der Waals surface area contributed by atoms with Crippen molar-refractivity contribution < 1.29 is 9.59 Å². The zero-order chi connectivity index (χ0) is 24.1. The van der Waals surface area contributed by atoms with Crippen LogP contribution in [0.5, 0.6) is 0 Å². The topological polar surface area (TPSA) is 98.0 Å². The third kappa shape index (κ3) is 6.88. The SMILES string of the molecule is CN(C)CCCNC(=O)N(CCCN(C)C)C(=O)[C@@H]1C[C@@H]2Cc3nc(N)sc3C[C@H]2N(C)C1. The first-order valence-electron chi connectivity index (χ1n) is 12.0. The molecular weight excluding hydrogens is 438 g/mol. The van der Waals surface area contributed by atoms with Crippen LogP contribution in [0.25, 0.3) is 0 Å². The van der Waals surface area contributed by atoms with Crippen LogP contribution in [0, 0.1) is 11.8 Å². The van der Waals surface area contributed by atoms with Crippen molar-refractivity contribution in [2.24, 2.45) is 11.8 Å².